The number of pyridine rings is 1. The van der Waals surface area contributed by atoms with Crippen LogP contribution in [-0.4, -0.2) is 12.0 Å². The molecule has 0 fully saturated rings. The average molecular weight is 270 g/mol. The molecule has 0 aromatic carbocycles. The molecule has 0 aliphatic rings. The van der Waals surface area contributed by atoms with Gasteiger partial charge in [-0.25, -0.2) is 0 Å². The minimum Gasteiger partial charge on any atom is -0.386 e. The van der Waals surface area contributed by atoms with Crippen LogP contribution in [0.15, 0.2) is 37.1 Å². The monoisotopic (exact) mass is 270 g/mol. The average Bonchev–Trinajstić information content (AvgIpc) is 2.88. The summed E-state index contributed by atoms with van der Waals surface area (Å²) >= 11 is 1.72. The van der Waals surface area contributed by atoms with Crippen molar-refractivity contribution >= 4 is 29.2 Å². The lowest BCUT2D eigenvalue weighted by Crippen LogP contribution is -1.92. The van der Waals surface area contributed by atoms with E-state index in [0.29, 0.717) is 0 Å². The van der Waals surface area contributed by atoms with E-state index < -0.39 is 0 Å². The highest BCUT2D eigenvalue weighted by Crippen LogP contribution is 2.35. The van der Waals surface area contributed by atoms with E-state index in [1.54, 1.807) is 11.3 Å². The normalized spacial score (nSPS) is 10.8. The zero-order chi connectivity index (χ0) is 13.7. The molecule has 0 aliphatic carbocycles. The second kappa shape index (κ2) is 6.34. The van der Waals surface area contributed by atoms with Crippen LogP contribution in [0.3, 0.4) is 0 Å². The fourth-order valence-electron chi connectivity index (χ4n) is 1.87. The summed E-state index contributed by atoms with van der Waals surface area (Å²) in [5.74, 6) is 0. The highest BCUT2D eigenvalue weighted by Gasteiger charge is 2.10. The van der Waals surface area contributed by atoms with Crippen LogP contribution < -0.4 is 5.32 Å². The maximum absolute atomic E-state index is 4.48. The van der Waals surface area contributed by atoms with Crippen LogP contribution in [0.4, 0.5) is 5.69 Å². The van der Waals surface area contributed by atoms with Crippen LogP contribution in [0.25, 0.3) is 22.7 Å². The van der Waals surface area contributed by atoms with E-state index in [-0.39, 0.29) is 0 Å². The minimum absolute atomic E-state index is 0.995. The number of rotatable bonds is 5. The fraction of sp³-hybridized carbons (Fsp3) is 0.188. The molecule has 3 heteroatoms. The smallest absolute Gasteiger partial charge is 0.103 e. The van der Waals surface area contributed by atoms with Gasteiger partial charge in [0.15, 0.2) is 0 Å². The van der Waals surface area contributed by atoms with Crippen LogP contribution in [-0.2, 0) is 0 Å². The number of anilines is 1. The van der Waals surface area contributed by atoms with Gasteiger partial charge in [0.25, 0.3) is 0 Å². The summed E-state index contributed by atoms with van der Waals surface area (Å²) in [5, 5.41) is 3.18. The molecule has 0 saturated heterocycles. The number of hydrogen-bond acceptors (Lipinski definition) is 3. The predicted molar refractivity (Wildman–Crippen MR) is 86.5 cm³/mol. The lowest BCUT2D eigenvalue weighted by atomic mass is 10.2. The van der Waals surface area contributed by atoms with E-state index >= 15 is 0 Å². The van der Waals surface area contributed by atoms with Gasteiger partial charge in [0.1, 0.15) is 5.69 Å². The van der Waals surface area contributed by atoms with Crippen molar-refractivity contribution in [1.82, 2.24) is 4.98 Å². The molecule has 0 spiro atoms. The second-order valence-electron chi connectivity index (χ2n) is 4.09. The van der Waals surface area contributed by atoms with Gasteiger partial charge in [0, 0.05) is 18.1 Å². The second-order valence-corrected chi connectivity index (χ2v) is 5.18. The molecule has 0 aliphatic heterocycles. The summed E-state index contributed by atoms with van der Waals surface area (Å²) < 4.78 is 0. The summed E-state index contributed by atoms with van der Waals surface area (Å²) in [4.78, 5) is 6.83. The predicted octanol–water partition coefficient (Wildman–Crippen LogP) is 4.92. The molecule has 0 bridgehead atoms. The van der Waals surface area contributed by atoms with Crippen molar-refractivity contribution < 1.29 is 0 Å². The third kappa shape index (κ3) is 2.93. The van der Waals surface area contributed by atoms with Crippen molar-refractivity contribution in [3.8, 4) is 10.6 Å². The van der Waals surface area contributed by atoms with Crippen molar-refractivity contribution in [2.75, 3.05) is 12.4 Å². The van der Waals surface area contributed by atoms with Crippen LogP contribution >= 0.6 is 11.3 Å². The summed E-state index contributed by atoms with van der Waals surface area (Å²) in [7, 11) is 1.92. The van der Waals surface area contributed by atoms with Crippen molar-refractivity contribution in [2.24, 2.45) is 0 Å². The Hall–Kier alpha value is -1.87. The van der Waals surface area contributed by atoms with Gasteiger partial charge in [-0.2, -0.15) is 0 Å². The zero-order valence-corrected chi connectivity index (χ0v) is 12.1. The van der Waals surface area contributed by atoms with Crippen molar-refractivity contribution in [1.29, 1.82) is 0 Å². The molecular formula is C16H18N2S. The zero-order valence-electron chi connectivity index (χ0n) is 11.3. The molecule has 2 heterocycles. The van der Waals surface area contributed by atoms with Gasteiger partial charge >= 0.3 is 0 Å². The highest BCUT2D eigenvalue weighted by atomic mass is 32.1. The standard InChI is InChI=1S/C16H18N2S/c1-4-6-8-12-11-15(19-14(12)5-2)16-13(17-3)9-7-10-18-16/h5-11,17H,2,4H2,1,3H3/b8-6-. The third-order valence-corrected chi connectivity index (χ3v) is 3.97. The van der Waals surface area contributed by atoms with Crippen LogP contribution in [0.2, 0.25) is 0 Å². The van der Waals surface area contributed by atoms with E-state index in [2.05, 4.69) is 42.0 Å². The Morgan fingerprint density at radius 2 is 2.32 bits per heavy atom. The first-order valence-electron chi connectivity index (χ1n) is 6.36. The highest BCUT2D eigenvalue weighted by molar-refractivity contribution is 7.16. The topological polar surface area (TPSA) is 24.9 Å². The first-order chi connectivity index (χ1) is 9.30. The Labute approximate surface area is 118 Å². The first kappa shape index (κ1) is 13.6. The van der Waals surface area contributed by atoms with Gasteiger partial charge < -0.3 is 5.32 Å². The Bertz CT molecular complexity index is 597. The molecule has 0 saturated carbocycles. The summed E-state index contributed by atoms with van der Waals surface area (Å²) in [5.41, 5.74) is 3.25. The number of hydrogen-bond donors (Lipinski definition) is 1. The summed E-state index contributed by atoms with van der Waals surface area (Å²) in [6.45, 7) is 6.02. The third-order valence-electron chi connectivity index (χ3n) is 2.82. The lowest BCUT2D eigenvalue weighted by Gasteiger charge is -2.04. The molecule has 0 amide bonds. The number of thiophene rings is 1. The molecule has 2 aromatic heterocycles. The molecule has 0 atom stereocenters. The molecule has 19 heavy (non-hydrogen) atoms. The molecule has 2 nitrogen and oxygen atoms in total. The number of nitrogens with zero attached hydrogens (tertiary/aromatic N) is 1. The van der Waals surface area contributed by atoms with Gasteiger partial charge in [-0.3, -0.25) is 4.98 Å². The molecule has 0 radical (unpaired) electrons. The Kier molecular flexibility index (Phi) is 4.53. The van der Waals surface area contributed by atoms with E-state index in [4.69, 9.17) is 0 Å². The van der Waals surface area contributed by atoms with E-state index in [9.17, 15) is 0 Å². The van der Waals surface area contributed by atoms with E-state index in [1.807, 2.05) is 31.5 Å². The minimum atomic E-state index is 0.995. The summed E-state index contributed by atoms with van der Waals surface area (Å²) in [6.07, 6.45) is 9.08. The molecule has 98 valence electrons. The fourth-order valence-corrected chi connectivity index (χ4v) is 2.88. The van der Waals surface area contributed by atoms with Gasteiger partial charge in [0.05, 0.1) is 10.6 Å². The molecular weight excluding hydrogens is 252 g/mol. The van der Waals surface area contributed by atoms with Crippen molar-refractivity contribution in [3.63, 3.8) is 0 Å². The molecule has 2 rings (SSSR count). The van der Waals surface area contributed by atoms with Gasteiger partial charge in [-0.05, 0) is 30.2 Å². The van der Waals surface area contributed by atoms with Crippen molar-refractivity contribution in [2.45, 2.75) is 13.3 Å². The lowest BCUT2D eigenvalue weighted by molar-refractivity contribution is 1.23. The van der Waals surface area contributed by atoms with Gasteiger partial charge in [-0.1, -0.05) is 31.7 Å². The number of aromatic nitrogens is 1. The maximum Gasteiger partial charge on any atom is 0.103 e. The van der Waals surface area contributed by atoms with Gasteiger partial charge in [-0.15, -0.1) is 11.3 Å². The van der Waals surface area contributed by atoms with E-state index in [1.165, 1.54) is 10.4 Å². The number of allylic oxidation sites excluding steroid dienone is 1. The Balaban J connectivity index is 2.48. The molecule has 0 unspecified atom stereocenters. The maximum atomic E-state index is 4.48. The van der Waals surface area contributed by atoms with Crippen LogP contribution in [0.1, 0.15) is 23.8 Å². The van der Waals surface area contributed by atoms with Gasteiger partial charge in [0.2, 0.25) is 0 Å². The largest absolute Gasteiger partial charge is 0.386 e. The molecule has 1 N–H and O–H groups in total. The van der Waals surface area contributed by atoms with Crippen molar-refractivity contribution in [3.05, 3.63) is 47.5 Å². The Morgan fingerprint density at radius 3 is 3.00 bits per heavy atom. The van der Waals surface area contributed by atoms with E-state index in [0.717, 1.165) is 22.7 Å². The summed E-state index contributed by atoms with van der Waals surface area (Å²) in [6, 6.07) is 6.16. The van der Waals surface area contributed by atoms with Crippen LogP contribution in [0.5, 0.6) is 0 Å². The first-order valence-corrected chi connectivity index (χ1v) is 7.17. The quantitative estimate of drug-likeness (QED) is 0.834. The Morgan fingerprint density at radius 1 is 1.47 bits per heavy atom. The van der Waals surface area contributed by atoms with Crippen LogP contribution in [0, 0.1) is 0 Å². The molecule has 2 aromatic rings. The SMILES string of the molecule is C=Cc1sc(-c2ncccc2NC)cc1/C=C\CC. The number of nitrogens with one attached hydrogen (secondary N) is 1.